The second-order valence-electron chi connectivity index (χ2n) is 6.20. The van der Waals surface area contributed by atoms with Gasteiger partial charge in [0.2, 0.25) is 0 Å². The van der Waals surface area contributed by atoms with Crippen LogP contribution in [-0.2, 0) is 11.3 Å². The largest absolute Gasteiger partial charge is 0.491 e. The Bertz CT molecular complexity index is 672. The van der Waals surface area contributed by atoms with Gasteiger partial charge in [-0.2, -0.15) is 0 Å². The Hall–Kier alpha value is -2.57. The van der Waals surface area contributed by atoms with Crippen molar-refractivity contribution in [3.63, 3.8) is 0 Å². The smallest absolute Gasteiger partial charge is 0.193 e. The highest BCUT2D eigenvalue weighted by molar-refractivity contribution is 5.92. The van der Waals surface area contributed by atoms with E-state index < -0.39 is 6.10 Å². The number of nitrogens with zero attached hydrogens (tertiary/aromatic N) is 1. The summed E-state index contributed by atoms with van der Waals surface area (Å²) in [5.41, 5.74) is 7.72. The van der Waals surface area contributed by atoms with Gasteiger partial charge in [-0.3, -0.25) is 4.99 Å². The Balaban J connectivity index is 1.71. The van der Waals surface area contributed by atoms with Crippen LogP contribution in [0.5, 0.6) is 5.75 Å². The van der Waals surface area contributed by atoms with Gasteiger partial charge in [0.25, 0.3) is 0 Å². The van der Waals surface area contributed by atoms with Crippen molar-refractivity contribution in [1.29, 1.82) is 0 Å². The molecule has 6 heteroatoms. The Labute approximate surface area is 154 Å². The van der Waals surface area contributed by atoms with Gasteiger partial charge in [-0.25, -0.2) is 0 Å². The molecule has 0 saturated heterocycles. The van der Waals surface area contributed by atoms with Crippen LogP contribution in [0.2, 0.25) is 0 Å². The molecule has 0 bridgehead atoms. The number of hydrogen-bond acceptors (Lipinski definition) is 4. The number of guanidine groups is 1. The minimum Gasteiger partial charge on any atom is -0.491 e. The SMILES string of the molecule is CC(C)Oc1ccc(NC(N)=NCC(O)COCc2ccccc2)cc1. The van der Waals surface area contributed by atoms with Gasteiger partial charge in [-0.05, 0) is 43.7 Å². The van der Waals surface area contributed by atoms with Crippen LogP contribution in [0.25, 0.3) is 0 Å². The van der Waals surface area contributed by atoms with Crippen LogP contribution < -0.4 is 15.8 Å². The van der Waals surface area contributed by atoms with Gasteiger partial charge in [0.1, 0.15) is 5.75 Å². The average molecular weight is 357 g/mol. The number of benzene rings is 2. The van der Waals surface area contributed by atoms with Gasteiger partial charge >= 0.3 is 0 Å². The highest BCUT2D eigenvalue weighted by Crippen LogP contribution is 2.16. The quantitative estimate of drug-likeness (QED) is 0.474. The molecule has 0 radical (unpaired) electrons. The molecular formula is C20H27N3O3. The second kappa shape index (κ2) is 10.4. The number of anilines is 1. The van der Waals surface area contributed by atoms with Crippen LogP contribution >= 0.6 is 0 Å². The van der Waals surface area contributed by atoms with Crippen molar-refractivity contribution in [2.45, 2.75) is 32.7 Å². The lowest BCUT2D eigenvalue weighted by molar-refractivity contribution is 0.0331. The first kappa shape index (κ1) is 19.8. The van der Waals surface area contributed by atoms with E-state index in [0.29, 0.717) is 6.61 Å². The van der Waals surface area contributed by atoms with Crippen molar-refractivity contribution in [2.24, 2.45) is 10.7 Å². The normalized spacial score (nSPS) is 12.8. The van der Waals surface area contributed by atoms with Crippen molar-refractivity contribution in [3.05, 3.63) is 60.2 Å². The molecule has 0 saturated carbocycles. The lowest BCUT2D eigenvalue weighted by atomic mass is 10.2. The number of aliphatic hydroxyl groups excluding tert-OH is 1. The Kier molecular flexibility index (Phi) is 7.92. The molecule has 0 aliphatic carbocycles. The Morgan fingerprint density at radius 2 is 1.81 bits per heavy atom. The molecule has 1 unspecified atom stereocenters. The third-order valence-corrected chi connectivity index (χ3v) is 3.39. The maximum Gasteiger partial charge on any atom is 0.193 e. The molecule has 4 N–H and O–H groups in total. The van der Waals surface area contributed by atoms with E-state index in [9.17, 15) is 5.11 Å². The number of aliphatic hydroxyl groups is 1. The zero-order valence-electron chi connectivity index (χ0n) is 15.3. The molecule has 0 spiro atoms. The van der Waals surface area contributed by atoms with Crippen LogP contribution in [0.4, 0.5) is 5.69 Å². The summed E-state index contributed by atoms with van der Waals surface area (Å²) in [5, 5.41) is 12.9. The summed E-state index contributed by atoms with van der Waals surface area (Å²) in [4.78, 5) is 4.14. The molecule has 0 aliphatic rings. The predicted molar refractivity (Wildman–Crippen MR) is 104 cm³/mol. The Morgan fingerprint density at radius 3 is 2.46 bits per heavy atom. The summed E-state index contributed by atoms with van der Waals surface area (Å²) in [6.07, 6.45) is -0.577. The third-order valence-electron chi connectivity index (χ3n) is 3.39. The molecule has 26 heavy (non-hydrogen) atoms. The first-order valence-corrected chi connectivity index (χ1v) is 8.66. The number of ether oxygens (including phenoxy) is 2. The molecule has 2 aromatic carbocycles. The molecule has 0 aliphatic heterocycles. The van der Waals surface area contributed by atoms with E-state index in [1.165, 1.54) is 0 Å². The summed E-state index contributed by atoms with van der Waals surface area (Å²) in [6, 6.07) is 17.3. The molecule has 2 rings (SSSR count). The van der Waals surface area contributed by atoms with E-state index >= 15 is 0 Å². The van der Waals surface area contributed by atoms with E-state index in [2.05, 4.69) is 10.3 Å². The predicted octanol–water partition coefficient (Wildman–Crippen LogP) is 2.78. The van der Waals surface area contributed by atoms with Crippen molar-refractivity contribution in [3.8, 4) is 5.75 Å². The summed E-state index contributed by atoms with van der Waals surface area (Å²) in [6.45, 7) is 4.78. The topological polar surface area (TPSA) is 89.1 Å². The van der Waals surface area contributed by atoms with Gasteiger partial charge in [0, 0.05) is 5.69 Å². The lowest BCUT2D eigenvalue weighted by Crippen LogP contribution is -2.26. The van der Waals surface area contributed by atoms with Crippen molar-refractivity contribution in [1.82, 2.24) is 0 Å². The second-order valence-corrected chi connectivity index (χ2v) is 6.20. The van der Waals surface area contributed by atoms with E-state index in [1.54, 1.807) is 0 Å². The number of nitrogens with one attached hydrogen (secondary N) is 1. The number of rotatable bonds is 9. The average Bonchev–Trinajstić information content (AvgIpc) is 2.62. The fourth-order valence-corrected chi connectivity index (χ4v) is 2.22. The van der Waals surface area contributed by atoms with E-state index in [0.717, 1.165) is 17.0 Å². The zero-order valence-corrected chi connectivity index (χ0v) is 15.3. The van der Waals surface area contributed by atoms with Gasteiger partial charge in [-0.15, -0.1) is 0 Å². The number of hydrogen-bond donors (Lipinski definition) is 3. The van der Waals surface area contributed by atoms with Crippen LogP contribution in [-0.4, -0.2) is 36.4 Å². The monoisotopic (exact) mass is 357 g/mol. The van der Waals surface area contributed by atoms with Crippen molar-refractivity contribution < 1.29 is 14.6 Å². The zero-order chi connectivity index (χ0) is 18.8. The molecule has 2 aromatic rings. The lowest BCUT2D eigenvalue weighted by Gasteiger charge is -2.12. The van der Waals surface area contributed by atoms with Crippen LogP contribution in [0.3, 0.4) is 0 Å². The van der Waals surface area contributed by atoms with E-state index in [1.807, 2.05) is 68.4 Å². The summed E-state index contributed by atoms with van der Waals surface area (Å²) in [5.74, 6) is 1.04. The summed E-state index contributed by atoms with van der Waals surface area (Å²) < 4.78 is 11.1. The molecular weight excluding hydrogens is 330 g/mol. The minimum atomic E-state index is -0.708. The molecule has 140 valence electrons. The summed E-state index contributed by atoms with van der Waals surface area (Å²) >= 11 is 0. The molecule has 1 atom stereocenters. The fraction of sp³-hybridized carbons (Fsp3) is 0.350. The van der Waals surface area contributed by atoms with Crippen LogP contribution in [0, 0.1) is 0 Å². The number of aliphatic imine (C=N–C) groups is 1. The maximum absolute atomic E-state index is 9.93. The van der Waals surface area contributed by atoms with Crippen molar-refractivity contribution in [2.75, 3.05) is 18.5 Å². The molecule has 0 aromatic heterocycles. The third kappa shape index (κ3) is 7.55. The molecule has 0 heterocycles. The van der Waals surface area contributed by atoms with Crippen LogP contribution in [0.15, 0.2) is 59.6 Å². The highest BCUT2D eigenvalue weighted by atomic mass is 16.5. The fourth-order valence-electron chi connectivity index (χ4n) is 2.22. The molecule has 0 fully saturated rings. The van der Waals surface area contributed by atoms with E-state index in [-0.39, 0.29) is 25.2 Å². The van der Waals surface area contributed by atoms with Gasteiger partial charge in [0.15, 0.2) is 5.96 Å². The number of nitrogens with two attached hydrogens (primary N) is 1. The van der Waals surface area contributed by atoms with Gasteiger partial charge < -0.3 is 25.6 Å². The van der Waals surface area contributed by atoms with Gasteiger partial charge in [0.05, 0.1) is 32.0 Å². The highest BCUT2D eigenvalue weighted by Gasteiger charge is 2.05. The van der Waals surface area contributed by atoms with Gasteiger partial charge in [-0.1, -0.05) is 30.3 Å². The minimum absolute atomic E-state index is 0.131. The first-order chi connectivity index (χ1) is 12.5. The van der Waals surface area contributed by atoms with Crippen molar-refractivity contribution >= 4 is 11.6 Å². The van der Waals surface area contributed by atoms with E-state index in [4.69, 9.17) is 15.2 Å². The summed E-state index contributed by atoms with van der Waals surface area (Å²) in [7, 11) is 0. The first-order valence-electron chi connectivity index (χ1n) is 8.66. The van der Waals surface area contributed by atoms with Crippen LogP contribution in [0.1, 0.15) is 19.4 Å². The molecule has 6 nitrogen and oxygen atoms in total. The Morgan fingerprint density at radius 1 is 1.12 bits per heavy atom. The standard InChI is InChI=1S/C20H27N3O3/c1-15(2)26-19-10-8-17(9-11-19)23-20(21)22-12-18(24)14-25-13-16-6-4-3-5-7-16/h3-11,15,18,24H,12-14H2,1-2H3,(H3,21,22,23). The maximum atomic E-state index is 9.93. The molecule has 0 amide bonds.